The molecule has 3 rings (SSSR count). The minimum Gasteiger partial charge on any atom is -0.394 e. The summed E-state index contributed by atoms with van der Waals surface area (Å²) >= 11 is 0. The fraction of sp³-hybridized carbons (Fsp3) is 0.904. The van der Waals surface area contributed by atoms with Gasteiger partial charge in [0.05, 0.1) is 38.6 Å². The summed E-state index contributed by atoms with van der Waals surface area (Å²) in [6.07, 6.45) is 7.13. The number of unbranched alkanes of at least 4 members (excludes halogenated alkanes) is 18. The van der Waals surface area contributed by atoms with E-state index in [4.69, 9.17) is 28.4 Å². The van der Waals surface area contributed by atoms with Crippen LogP contribution < -0.4 is 5.32 Å². The van der Waals surface area contributed by atoms with Gasteiger partial charge in [0, 0.05) is 6.42 Å². The summed E-state index contributed by atoms with van der Waals surface area (Å²) in [5.74, 6) is -0.260. The Labute approximate surface area is 422 Å². The van der Waals surface area contributed by atoms with E-state index < -0.39 is 124 Å². The van der Waals surface area contributed by atoms with Crippen LogP contribution in [0.1, 0.15) is 168 Å². The van der Waals surface area contributed by atoms with Crippen LogP contribution in [0.2, 0.25) is 0 Å². The highest BCUT2D eigenvalue weighted by Gasteiger charge is 2.53. The lowest BCUT2D eigenvalue weighted by Crippen LogP contribution is -2.66. The van der Waals surface area contributed by atoms with Crippen LogP contribution in [0.4, 0.5) is 0 Å². The SMILES string of the molecule is CCCCCC/C=C\C/C=C\CCCCCCCC(=O)NC(COC1OC(CO)C(OC2OC(CO)C(OC3OC(CO)C(O)C(O)C3O)C(O)C2O)C(O)C1O)C(O)CCCCCCCCCCCC. The molecule has 416 valence electrons. The number of rotatable bonds is 38. The molecule has 0 bridgehead atoms. The molecule has 17 unspecified atom stereocenters. The Morgan fingerprint density at radius 3 is 1.45 bits per heavy atom. The third-order valence-electron chi connectivity index (χ3n) is 13.8. The van der Waals surface area contributed by atoms with E-state index in [0.717, 1.165) is 70.6 Å². The van der Waals surface area contributed by atoms with Crippen molar-refractivity contribution in [3.05, 3.63) is 24.3 Å². The Kier molecular flexibility index (Phi) is 33.2. The number of hydrogen-bond acceptors (Lipinski definition) is 18. The third kappa shape index (κ3) is 22.6. The van der Waals surface area contributed by atoms with Crippen LogP contribution in [0.3, 0.4) is 0 Å². The number of carbonyl (C=O) groups is 1. The monoisotopic (exact) mass is 1020 g/mol. The second-order valence-electron chi connectivity index (χ2n) is 19.7. The first-order valence-electron chi connectivity index (χ1n) is 27.1. The van der Waals surface area contributed by atoms with Crippen molar-refractivity contribution in [2.75, 3.05) is 26.4 Å². The molecule has 0 saturated carbocycles. The van der Waals surface area contributed by atoms with Gasteiger partial charge < -0.3 is 89.9 Å². The molecule has 19 heteroatoms. The number of aliphatic hydroxyl groups excluding tert-OH is 11. The maximum absolute atomic E-state index is 13.2. The Morgan fingerprint density at radius 1 is 0.507 bits per heavy atom. The lowest BCUT2D eigenvalue weighted by atomic mass is 9.96. The zero-order valence-electron chi connectivity index (χ0n) is 42.7. The van der Waals surface area contributed by atoms with Crippen LogP contribution >= 0.6 is 0 Å². The van der Waals surface area contributed by atoms with Crippen LogP contribution in [0.15, 0.2) is 24.3 Å². The minimum absolute atomic E-state index is 0.251. The third-order valence-corrected chi connectivity index (χ3v) is 13.8. The van der Waals surface area contributed by atoms with Gasteiger partial charge in [-0.1, -0.05) is 141 Å². The lowest BCUT2D eigenvalue weighted by Gasteiger charge is -2.48. The largest absolute Gasteiger partial charge is 0.394 e. The molecule has 1 amide bonds. The van der Waals surface area contributed by atoms with Crippen molar-refractivity contribution in [1.82, 2.24) is 5.32 Å². The summed E-state index contributed by atoms with van der Waals surface area (Å²) in [6.45, 7) is 1.71. The lowest BCUT2D eigenvalue weighted by molar-refractivity contribution is -0.379. The molecule has 0 aromatic heterocycles. The summed E-state index contributed by atoms with van der Waals surface area (Å²) < 4.78 is 34.2. The first kappa shape index (κ1) is 63.6. The number of hydrogen-bond donors (Lipinski definition) is 12. The average molecular weight is 1020 g/mol. The van der Waals surface area contributed by atoms with Gasteiger partial charge in [0.1, 0.15) is 73.2 Å². The fourth-order valence-electron chi connectivity index (χ4n) is 9.22. The molecular formula is C52H95NO18. The summed E-state index contributed by atoms with van der Waals surface area (Å²) in [7, 11) is 0. The molecule has 17 atom stereocenters. The van der Waals surface area contributed by atoms with E-state index in [1.807, 2.05) is 0 Å². The Balaban J connectivity index is 1.53. The molecule has 3 fully saturated rings. The normalized spacial score (nSPS) is 32.4. The summed E-state index contributed by atoms with van der Waals surface area (Å²) in [5, 5.41) is 120. The maximum Gasteiger partial charge on any atom is 0.220 e. The van der Waals surface area contributed by atoms with Crippen LogP contribution in [0.25, 0.3) is 0 Å². The smallest absolute Gasteiger partial charge is 0.220 e. The van der Waals surface area contributed by atoms with E-state index in [0.29, 0.717) is 12.8 Å². The van der Waals surface area contributed by atoms with E-state index in [-0.39, 0.29) is 18.9 Å². The van der Waals surface area contributed by atoms with Gasteiger partial charge in [-0.3, -0.25) is 4.79 Å². The maximum atomic E-state index is 13.2. The summed E-state index contributed by atoms with van der Waals surface area (Å²) in [5.41, 5.74) is 0. The fourth-order valence-corrected chi connectivity index (χ4v) is 9.22. The van der Waals surface area contributed by atoms with Crippen LogP contribution in [-0.2, 0) is 33.2 Å². The number of nitrogens with one attached hydrogen (secondary N) is 1. The highest BCUT2D eigenvalue weighted by Crippen LogP contribution is 2.33. The molecule has 0 spiro atoms. The highest BCUT2D eigenvalue weighted by molar-refractivity contribution is 5.76. The number of allylic oxidation sites excluding steroid dienone is 4. The Hall–Kier alpha value is -1.73. The molecule has 0 radical (unpaired) electrons. The summed E-state index contributed by atoms with van der Waals surface area (Å²) in [4.78, 5) is 13.2. The van der Waals surface area contributed by atoms with Gasteiger partial charge in [0.2, 0.25) is 5.91 Å². The van der Waals surface area contributed by atoms with Crippen LogP contribution in [-0.4, -0.2) is 193 Å². The second-order valence-corrected chi connectivity index (χ2v) is 19.7. The first-order valence-corrected chi connectivity index (χ1v) is 27.1. The van der Waals surface area contributed by atoms with E-state index in [1.165, 1.54) is 64.2 Å². The van der Waals surface area contributed by atoms with Gasteiger partial charge in [-0.05, 0) is 44.9 Å². The standard InChI is InChI=1S/C52H95NO18/c1-3-5-7-9-11-13-15-16-17-18-19-20-22-24-26-28-30-40(58)53-35(36(57)29-27-25-23-21-14-12-10-8-6-4-2)34-66-50-46(64)43(61)48(38(32-55)68-50)71-52-47(65)44(62)49(39(33-56)69-52)70-51-45(63)42(60)41(59)37(31-54)67-51/h13,15,17-18,35-39,41-52,54-57,59-65H,3-12,14,16,19-34H2,1-2H3,(H,53,58)/b15-13-,18-17-. The molecule has 0 aliphatic carbocycles. The number of amides is 1. The van der Waals surface area contributed by atoms with Crippen molar-refractivity contribution in [2.45, 2.75) is 272 Å². The van der Waals surface area contributed by atoms with Gasteiger partial charge in [0.15, 0.2) is 18.9 Å². The Bertz CT molecular complexity index is 1410. The zero-order valence-corrected chi connectivity index (χ0v) is 42.7. The molecule has 0 aromatic rings. The Morgan fingerprint density at radius 2 is 0.930 bits per heavy atom. The zero-order chi connectivity index (χ0) is 52.0. The molecule has 3 saturated heterocycles. The molecule has 3 aliphatic heterocycles. The predicted molar refractivity (Wildman–Crippen MR) is 263 cm³/mol. The van der Waals surface area contributed by atoms with Crippen molar-refractivity contribution in [3.63, 3.8) is 0 Å². The van der Waals surface area contributed by atoms with Crippen molar-refractivity contribution in [1.29, 1.82) is 0 Å². The van der Waals surface area contributed by atoms with Gasteiger partial charge in [-0.15, -0.1) is 0 Å². The van der Waals surface area contributed by atoms with Gasteiger partial charge >= 0.3 is 0 Å². The van der Waals surface area contributed by atoms with E-state index in [9.17, 15) is 61.0 Å². The van der Waals surface area contributed by atoms with Crippen molar-refractivity contribution in [3.8, 4) is 0 Å². The molecular weight excluding hydrogens is 927 g/mol. The van der Waals surface area contributed by atoms with Crippen LogP contribution in [0.5, 0.6) is 0 Å². The van der Waals surface area contributed by atoms with Gasteiger partial charge in [0.25, 0.3) is 0 Å². The van der Waals surface area contributed by atoms with Gasteiger partial charge in [-0.25, -0.2) is 0 Å². The quantitative estimate of drug-likeness (QED) is 0.0313. The first-order chi connectivity index (χ1) is 34.3. The summed E-state index contributed by atoms with van der Waals surface area (Å²) in [6, 6.07) is -0.890. The van der Waals surface area contributed by atoms with Crippen molar-refractivity contribution < 1.29 is 89.4 Å². The van der Waals surface area contributed by atoms with Crippen molar-refractivity contribution >= 4 is 5.91 Å². The molecule has 3 aliphatic rings. The number of carbonyl (C=O) groups excluding carboxylic acids is 1. The van der Waals surface area contributed by atoms with E-state index in [1.54, 1.807) is 0 Å². The van der Waals surface area contributed by atoms with Crippen LogP contribution in [0, 0.1) is 0 Å². The van der Waals surface area contributed by atoms with E-state index in [2.05, 4.69) is 43.5 Å². The molecule has 12 N–H and O–H groups in total. The highest BCUT2D eigenvalue weighted by atomic mass is 16.8. The van der Waals surface area contributed by atoms with Crippen molar-refractivity contribution in [2.24, 2.45) is 0 Å². The predicted octanol–water partition coefficient (Wildman–Crippen LogP) is 2.81. The molecule has 3 heterocycles. The number of aliphatic hydroxyl groups is 11. The molecule has 71 heavy (non-hydrogen) atoms. The van der Waals surface area contributed by atoms with Gasteiger partial charge in [-0.2, -0.15) is 0 Å². The number of ether oxygens (including phenoxy) is 6. The molecule has 19 nitrogen and oxygen atoms in total. The topological polar surface area (TPSA) is 307 Å². The second kappa shape index (κ2) is 37.1. The molecule has 0 aromatic carbocycles. The van der Waals surface area contributed by atoms with E-state index >= 15 is 0 Å². The average Bonchev–Trinajstić information content (AvgIpc) is 3.36. The minimum atomic E-state index is -1.97.